The van der Waals surface area contributed by atoms with Gasteiger partial charge in [0.25, 0.3) is 0 Å². The molecule has 35 heavy (non-hydrogen) atoms. The Morgan fingerprint density at radius 3 is 2.23 bits per heavy atom. The first-order chi connectivity index (χ1) is 16.7. The zero-order valence-corrected chi connectivity index (χ0v) is 20.4. The van der Waals surface area contributed by atoms with Crippen LogP contribution in [0.25, 0.3) is 22.4 Å². The van der Waals surface area contributed by atoms with Crippen molar-refractivity contribution in [2.75, 3.05) is 0 Å². The Hall–Kier alpha value is -4.19. The standard InChI is InChI=1S/C29H27NO5/c1-6-20-8-10-21(11-9-20)26(31)24(28(32)35-27-18(4)13-17(3)14-19(27)5)25-29(33)34-23-12-7-16(2)15-22(23)30-25/h7-15,31H,6H2,1-5H3/b26-24+. The van der Waals surface area contributed by atoms with Gasteiger partial charge in [0.05, 0.1) is 0 Å². The second-order valence-corrected chi connectivity index (χ2v) is 8.71. The summed E-state index contributed by atoms with van der Waals surface area (Å²) >= 11 is 0. The lowest BCUT2D eigenvalue weighted by atomic mass is 10.0. The zero-order valence-electron chi connectivity index (χ0n) is 20.4. The van der Waals surface area contributed by atoms with E-state index in [1.165, 1.54) is 0 Å². The molecule has 4 aromatic rings. The molecule has 0 amide bonds. The molecule has 0 saturated carbocycles. The number of aliphatic hydroxyl groups excluding tert-OH is 1. The highest BCUT2D eigenvalue weighted by molar-refractivity contribution is 6.23. The van der Waals surface area contributed by atoms with E-state index in [0.29, 0.717) is 16.8 Å². The van der Waals surface area contributed by atoms with Crippen LogP contribution in [0.5, 0.6) is 5.75 Å². The van der Waals surface area contributed by atoms with E-state index in [0.717, 1.165) is 34.2 Å². The van der Waals surface area contributed by atoms with E-state index in [1.807, 2.05) is 58.9 Å². The van der Waals surface area contributed by atoms with Crippen LogP contribution in [0.15, 0.2) is 63.8 Å². The van der Waals surface area contributed by atoms with Crippen molar-refractivity contribution >= 4 is 28.4 Å². The molecule has 0 unspecified atom stereocenters. The van der Waals surface area contributed by atoms with Gasteiger partial charge in [0.1, 0.15) is 22.6 Å². The summed E-state index contributed by atoms with van der Waals surface area (Å²) in [5.41, 5.74) is 4.04. The van der Waals surface area contributed by atoms with Gasteiger partial charge in [0.2, 0.25) is 0 Å². The number of ether oxygens (including phenoxy) is 1. The lowest BCUT2D eigenvalue weighted by Crippen LogP contribution is -2.20. The van der Waals surface area contributed by atoms with E-state index in [9.17, 15) is 14.7 Å². The van der Waals surface area contributed by atoms with Crippen LogP contribution in [0, 0.1) is 27.7 Å². The molecule has 3 aromatic carbocycles. The first-order valence-corrected chi connectivity index (χ1v) is 11.4. The number of carbonyl (C=O) groups is 1. The summed E-state index contributed by atoms with van der Waals surface area (Å²) in [6.07, 6.45) is 0.820. The summed E-state index contributed by atoms with van der Waals surface area (Å²) in [5.74, 6) is -0.941. The monoisotopic (exact) mass is 469 g/mol. The molecule has 6 nitrogen and oxygen atoms in total. The predicted octanol–water partition coefficient (Wildman–Crippen LogP) is 6.02. The van der Waals surface area contributed by atoms with Gasteiger partial charge in [0, 0.05) is 5.56 Å². The number of fused-ring (bicyclic) bond motifs is 1. The number of aryl methyl sites for hydroxylation is 5. The molecule has 0 spiro atoms. The maximum atomic E-state index is 13.5. The summed E-state index contributed by atoms with van der Waals surface area (Å²) < 4.78 is 11.2. The molecule has 0 radical (unpaired) electrons. The molecule has 6 heteroatoms. The molecule has 0 fully saturated rings. The zero-order chi connectivity index (χ0) is 25.3. The maximum absolute atomic E-state index is 13.5. The van der Waals surface area contributed by atoms with Gasteiger partial charge >= 0.3 is 11.6 Å². The van der Waals surface area contributed by atoms with Gasteiger partial charge in [-0.15, -0.1) is 0 Å². The number of benzene rings is 3. The fraction of sp³-hybridized carbons (Fsp3) is 0.207. The summed E-state index contributed by atoms with van der Waals surface area (Å²) in [6.45, 7) is 9.52. The van der Waals surface area contributed by atoms with Gasteiger partial charge in [-0.25, -0.2) is 14.6 Å². The van der Waals surface area contributed by atoms with Gasteiger partial charge < -0.3 is 14.3 Å². The van der Waals surface area contributed by atoms with Crippen molar-refractivity contribution in [1.82, 2.24) is 4.98 Å². The third-order valence-electron chi connectivity index (χ3n) is 5.86. The highest BCUT2D eigenvalue weighted by atomic mass is 16.5. The van der Waals surface area contributed by atoms with Gasteiger partial charge in [-0.3, -0.25) is 0 Å². The summed E-state index contributed by atoms with van der Waals surface area (Å²) in [4.78, 5) is 30.9. The average Bonchev–Trinajstić information content (AvgIpc) is 2.82. The summed E-state index contributed by atoms with van der Waals surface area (Å²) in [7, 11) is 0. The number of rotatable bonds is 5. The van der Waals surface area contributed by atoms with Crippen molar-refractivity contribution in [2.24, 2.45) is 0 Å². The second-order valence-electron chi connectivity index (χ2n) is 8.71. The van der Waals surface area contributed by atoms with Crippen LogP contribution in [0.2, 0.25) is 0 Å². The first-order valence-electron chi connectivity index (χ1n) is 11.4. The Labute approximate surface area is 203 Å². The number of hydrogen-bond acceptors (Lipinski definition) is 6. The smallest absolute Gasteiger partial charge is 0.363 e. The molecule has 4 rings (SSSR count). The third-order valence-corrected chi connectivity index (χ3v) is 5.86. The number of nitrogens with zero attached hydrogens (tertiary/aromatic N) is 1. The van der Waals surface area contributed by atoms with E-state index in [1.54, 1.807) is 30.3 Å². The highest BCUT2D eigenvalue weighted by Gasteiger charge is 2.27. The van der Waals surface area contributed by atoms with E-state index >= 15 is 0 Å². The van der Waals surface area contributed by atoms with Crippen LogP contribution >= 0.6 is 0 Å². The Kier molecular flexibility index (Phi) is 6.56. The minimum Gasteiger partial charge on any atom is -0.506 e. The van der Waals surface area contributed by atoms with E-state index in [2.05, 4.69) is 4.98 Å². The molecule has 0 atom stereocenters. The summed E-state index contributed by atoms with van der Waals surface area (Å²) in [5, 5.41) is 11.2. The second kappa shape index (κ2) is 9.58. The highest BCUT2D eigenvalue weighted by Crippen LogP contribution is 2.29. The topological polar surface area (TPSA) is 89.6 Å². The van der Waals surface area contributed by atoms with E-state index < -0.39 is 17.4 Å². The molecular formula is C29H27NO5. The molecule has 0 bridgehead atoms. The number of hydrogen-bond donors (Lipinski definition) is 1. The molecule has 1 heterocycles. The fourth-order valence-corrected chi connectivity index (χ4v) is 4.09. The van der Waals surface area contributed by atoms with Crippen LogP contribution in [-0.4, -0.2) is 16.1 Å². The van der Waals surface area contributed by atoms with Crippen LogP contribution in [0.4, 0.5) is 0 Å². The van der Waals surface area contributed by atoms with E-state index in [4.69, 9.17) is 9.15 Å². The molecule has 1 aromatic heterocycles. The largest absolute Gasteiger partial charge is 0.506 e. The number of esters is 1. The molecular weight excluding hydrogens is 442 g/mol. The third kappa shape index (κ3) is 4.87. The number of aromatic nitrogens is 1. The van der Waals surface area contributed by atoms with E-state index in [-0.39, 0.29) is 16.9 Å². The van der Waals surface area contributed by atoms with Crippen LogP contribution in [-0.2, 0) is 11.2 Å². The SMILES string of the molecule is CCc1ccc(/C(O)=C(\C(=O)Oc2c(C)cc(C)cc2C)c2nc3cc(C)ccc3oc2=O)cc1. The normalized spacial score (nSPS) is 11.9. The Bertz CT molecular complexity index is 1500. The van der Waals surface area contributed by atoms with Crippen molar-refractivity contribution < 1.29 is 19.1 Å². The minimum absolute atomic E-state index is 0.286. The Balaban J connectivity index is 1.92. The van der Waals surface area contributed by atoms with Crippen molar-refractivity contribution in [1.29, 1.82) is 0 Å². The van der Waals surface area contributed by atoms with Crippen LogP contribution < -0.4 is 10.4 Å². The van der Waals surface area contributed by atoms with Gasteiger partial charge in [0.15, 0.2) is 11.3 Å². The molecule has 0 saturated heterocycles. The lowest BCUT2D eigenvalue weighted by Gasteiger charge is -2.14. The maximum Gasteiger partial charge on any atom is 0.363 e. The van der Waals surface area contributed by atoms with Crippen molar-refractivity contribution in [3.63, 3.8) is 0 Å². The molecule has 0 aliphatic carbocycles. The number of carbonyl (C=O) groups excluding carboxylic acids is 1. The first kappa shape index (κ1) is 24.0. The number of aliphatic hydroxyl groups is 1. The quantitative estimate of drug-likeness (QED) is 0.166. The molecule has 1 N–H and O–H groups in total. The lowest BCUT2D eigenvalue weighted by molar-refractivity contribution is -0.128. The minimum atomic E-state index is -0.899. The Morgan fingerprint density at radius 2 is 1.60 bits per heavy atom. The van der Waals surface area contributed by atoms with Crippen LogP contribution in [0.3, 0.4) is 0 Å². The van der Waals surface area contributed by atoms with Crippen molar-refractivity contribution in [3.05, 3.63) is 104 Å². The fourth-order valence-electron chi connectivity index (χ4n) is 4.09. The predicted molar refractivity (Wildman–Crippen MR) is 137 cm³/mol. The average molecular weight is 470 g/mol. The van der Waals surface area contributed by atoms with Crippen molar-refractivity contribution in [3.8, 4) is 5.75 Å². The molecule has 178 valence electrons. The van der Waals surface area contributed by atoms with Gasteiger partial charge in [-0.2, -0.15) is 0 Å². The Morgan fingerprint density at radius 1 is 0.943 bits per heavy atom. The van der Waals surface area contributed by atoms with Crippen molar-refractivity contribution in [2.45, 2.75) is 41.0 Å². The molecule has 0 aliphatic heterocycles. The summed E-state index contributed by atoms with van der Waals surface area (Å²) in [6, 6.07) is 16.1. The van der Waals surface area contributed by atoms with Gasteiger partial charge in [-0.1, -0.05) is 55.0 Å². The molecule has 0 aliphatic rings. The van der Waals surface area contributed by atoms with Gasteiger partial charge in [-0.05, 0) is 68.5 Å². The van der Waals surface area contributed by atoms with Crippen LogP contribution in [0.1, 0.15) is 46.0 Å².